The zero-order valence-corrected chi connectivity index (χ0v) is 8.96. The van der Waals surface area contributed by atoms with E-state index in [2.05, 4.69) is 6.92 Å². The van der Waals surface area contributed by atoms with Crippen LogP contribution in [0.15, 0.2) is 12.2 Å². The molecule has 0 heterocycles. The molecule has 0 aromatic rings. The highest BCUT2D eigenvalue weighted by Crippen LogP contribution is 2.07. The molecule has 2 nitrogen and oxygen atoms in total. The number of nitriles is 1. The predicted octanol–water partition coefficient (Wildman–Crippen LogP) is 3.39. The Labute approximate surface area is 86.6 Å². The molecule has 0 rings (SSSR count). The van der Waals surface area contributed by atoms with Gasteiger partial charge in [-0.3, -0.25) is 4.79 Å². The molecule has 0 radical (unpaired) electrons. The van der Waals surface area contributed by atoms with Crippen molar-refractivity contribution in [2.75, 3.05) is 0 Å². The van der Waals surface area contributed by atoms with Gasteiger partial charge in [-0.2, -0.15) is 5.26 Å². The molecule has 0 aromatic carbocycles. The van der Waals surface area contributed by atoms with Crippen LogP contribution in [0.3, 0.4) is 0 Å². The van der Waals surface area contributed by atoms with Crippen molar-refractivity contribution in [2.24, 2.45) is 0 Å². The lowest BCUT2D eigenvalue weighted by Crippen LogP contribution is -1.91. The Bertz CT molecular complexity index is 213. The molecule has 0 amide bonds. The zero-order valence-electron chi connectivity index (χ0n) is 8.96. The number of ketones is 1. The van der Waals surface area contributed by atoms with Crippen molar-refractivity contribution in [1.82, 2.24) is 0 Å². The molecular formula is C12H19NO. The molecular weight excluding hydrogens is 174 g/mol. The lowest BCUT2D eigenvalue weighted by molar-refractivity contribution is -0.114. The smallest absolute Gasteiger partial charge is 0.156 e. The first kappa shape index (κ1) is 12.9. The van der Waals surface area contributed by atoms with Crippen molar-refractivity contribution in [1.29, 1.82) is 5.26 Å². The Kier molecular flexibility index (Phi) is 9.20. The van der Waals surface area contributed by atoms with Crippen LogP contribution in [0, 0.1) is 11.3 Å². The van der Waals surface area contributed by atoms with Crippen molar-refractivity contribution in [3.8, 4) is 6.07 Å². The summed E-state index contributed by atoms with van der Waals surface area (Å²) in [6.45, 7) is 2.19. The fraction of sp³-hybridized carbons (Fsp3) is 0.667. The van der Waals surface area contributed by atoms with Crippen molar-refractivity contribution < 1.29 is 4.79 Å². The molecule has 0 unspecified atom stereocenters. The van der Waals surface area contributed by atoms with E-state index in [1.165, 1.54) is 37.8 Å². The monoisotopic (exact) mass is 193 g/mol. The molecule has 2 heteroatoms. The van der Waals surface area contributed by atoms with Gasteiger partial charge in [0.15, 0.2) is 5.78 Å². The van der Waals surface area contributed by atoms with E-state index in [0.29, 0.717) is 6.42 Å². The Morgan fingerprint density at radius 3 is 2.50 bits per heavy atom. The van der Waals surface area contributed by atoms with Gasteiger partial charge in [0.05, 0.1) is 6.07 Å². The van der Waals surface area contributed by atoms with Gasteiger partial charge in [0.25, 0.3) is 0 Å². The number of hydrogen-bond acceptors (Lipinski definition) is 2. The second-order valence-electron chi connectivity index (χ2n) is 3.45. The summed E-state index contributed by atoms with van der Waals surface area (Å²) in [6.07, 6.45) is 10.3. The molecule has 0 spiro atoms. The van der Waals surface area contributed by atoms with Crippen LogP contribution >= 0.6 is 0 Å². The summed E-state index contributed by atoms with van der Waals surface area (Å²) >= 11 is 0. The lowest BCUT2D eigenvalue weighted by atomic mass is 10.1. The number of hydrogen-bond donors (Lipinski definition) is 0. The van der Waals surface area contributed by atoms with Gasteiger partial charge in [-0.1, -0.05) is 39.0 Å². The Morgan fingerprint density at radius 1 is 1.21 bits per heavy atom. The SMILES string of the molecule is CCCCCCCCC(=O)/C=C/C#N. The molecule has 0 atom stereocenters. The highest BCUT2D eigenvalue weighted by Gasteiger charge is 1.96. The summed E-state index contributed by atoms with van der Waals surface area (Å²) in [7, 11) is 0. The number of allylic oxidation sites excluding steroid dienone is 2. The van der Waals surface area contributed by atoms with Gasteiger partial charge in [-0.15, -0.1) is 0 Å². The van der Waals surface area contributed by atoms with E-state index < -0.39 is 0 Å². The standard InChI is InChI=1S/C12H19NO/c1-2-3-4-5-6-7-9-12(14)10-8-11-13/h8,10H,2-7,9H2,1H3/b10-8+. The second kappa shape index (κ2) is 9.98. The van der Waals surface area contributed by atoms with E-state index in [0.717, 1.165) is 12.8 Å². The van der Waals surface area contributed by atoms with Crippen LogP contribution < -0.4 is 0 Å². The zero-order chi connectivity index (χ0) is 10.6. The third-order valence-corrected chi connectivity index (χ3v) is 2.12. The number of nitrogens with zero attached hydrogens (tertiary/aromatic N) is 1. The molecule has 14 heavy (non-hydrogen) atoms. The van der Waals surface area contributed by atoms with Crippen LogP contribution in [-0.2, 0) is 4.79 Å². The van der Waals surface area contributed by atoms with Crippen molar-refractivity contribution in [2.45, 2.75) is 51.9 Å². The van der Waals surface area contributed by atoms with E-state index >= 15 is 0 Å². The van der Waals surface area contributed by atoms with Crippen LogP contribution in [0.2, 0.25) is 0 Å². The molecule has 0 aliphatic rings. The molecule has 78 valence electrons. The third kappa shape index (κ3) is 8.99. The summed E-state index contributed by atoms with van der Waals surface area (Å²) in [5.74, 6) is 0.0713. The Balaban J connectivity index is 3.24. The summed E-state index contributed by atoms with van der Waals surface area (Å²) < 4.78 is 0. The van der Waals surface area contributed by atoms with Crippen LogP contribution in [0.25, 0.3) is 0 Å². The third-order valence-electron chi connectivity index (χ3n) is 2.12. The van der Waals surface area contributed by atoms with Crippen LogP contribution in [0.1, 0.15) is 51.9 Å². The first-order valence-corrected chi connectivity index (χ1v) is 5.40. The molecule has 0 aliphatic heterocycles. The predicted molar refractivity (Wildman–Crippen MR) is 57.8 cm³/mol. The number of carbonyl (C=O) groups is 1. The number of unbranched alkanes of at least 4 members (excludes halogenated alkanes) is 5. The number of carbonyl (C=O) groups excluding carboxylic acids is 1. The summed E-state index contributed by atoms with van der Waals surface area (Å²) in [5.41, 5.74) is 0. The second-order valence-corrected chi connectivity index (χ2v) is 3.45. The van der Waals surface area contributed by atoms with Crippen molar-refractivity contribution >= 4 is 5.78 Å². The first-order chi connectivity index (χ1) is 6.81. The minimum atomic E-state index is 0.0713. The maximum Gasteiger partial charge on any atom is 0.156 e. The van der Waals surface area contributed by atoms with Gasteiger partial charge in [0.2, 0.25) is 0 Å². The van der Waals surface area contributed by atoms with Gasteiger partial charge in [0, 0.05) is 12.5 Å². The Morgan fingerprint density at radius 2 is 1.86 bits per heavy atom. The van der Waals surface area contributed by atoms with E-state index in [1.807, 2.05) is 6.07 Å². The van der Waals surface area contributed by atoms with Gasteiger partial charge in [-0.25, -0.2) is 0 Å². The van der Waals surface area contributed by atoms with E-state index in [1.54, 1.807) is 0 Å². The molecule has 0 aromatic heterocycles. The highest BCUT2D eigenvalue weighted by atomic mass is 16.1. The molecule has 0 bridgehead atoms. The Hall–Kier alpha value is -1.10. The minimum absolute atomic E-state index is 0.0713. The van der Waals surface area contributed by atoms with Gasteiger partial charge in [0.1, 0.15) is 0 Å². The van der Waals surface area contributed by atoms with Gasteiger partial charge >= 0.3 is 0 Å². The molecule has 0 saturated heterocycles. The lowest BCUT2D eigenvalue weighted by Gasteiger charge is -1.98. The highest BCUT2D eigenvalue weighted by molar-refractivity contribution is 5.89. The fourth-order valence-corrected chi connectivity index (χ4v) is 1.29. The normalized spacial score (nSPS) is 10.3. The maximum atomic E-state index is 11.1. The van der Waals surface area contributed by atoms with Crippen molar-refractivity contribution in [3.63, 3.8) is 0 Å². The molecule has 0 saturated carbocycles. The van der Waals surface area contributed by atoms with E-state index in [9.17, 15) is 4.79 Å². The molecule has 0 fully saturated rings. The van der Waals surface area contributed by atoms with Crippen LogP contribution in [0.4, 0.5) is 0 Å². The van der Waals surface area contributed by atoms with Crippen molar-refractivity contribution in [3.05, 3.63) is 12.2 Å². The number of rotatable bonds is 8. The summed E-state index contributed by atoms with van der Waals surface area (Å²) in [5, 5.41) is 8.19. The van der Waals surface area contributed by atoms with E-state index in [4.69, 9.17) is 5.26 Å². The average molecular weight is 193 g/mol. The molecule has 0 N–H and O–H groups in total. The minimum Gasteiger partial charge on any atom is -0.295 e. The largest absolute Gasteiger partial charge is 0.295 e. The van der Waals surface area contributed by atoms with Gasteiger partial charge < -0.3 is 0 Å². The molecule has 0 aliphatic carbocycles. The van der Waals surface area contributed by atoms with Crippen LogP contribution in [0.5, 0.6) is 0 Å². The topological polar surface area (TPSA) is 40.9 Å². The van der Waals surface area contributed by atoms with E-state index in [-0.39, 0.29) is 5.78 Å². The summed E-state index contributed by atoms with van der Waals surface area (Å²) in [6, 6.07) is 1.82. The maximum absolute atomic E-state index is 11.1. The average Bonchev–Trinajstić information content (AvgIpc) is 2.20. The fourth-order valence-electron chi connectivity index (χ4n) is 1.29. The summed E-state index contributed by atoms with van der Waals surface area (Å²) in [4.78, 5) is 11.1. The quantitative estimate of drug-likeness (QED) is 0.337. The van der Waals surface area contributed by atoms with Gasteiger partial charge in [-0.05, 0) is 12.5 Å². The van der Waals surface area contributed by atoms with Crippen LogP contribution in [-0.4, -0.2) is 5.78 Å². The first-order valence-electron chi connectivity index (χ1n) is 5.40.